The molecule has 0 radical (unpaired) electrons. The van der Waals surface area contributed by atoms with Crippen LogP contribution in [0.2, 0.25) is 5.02 Å². The van der Waals surface area contributed by atoms with Crippen molar-refractivity contribution in [3.05, 3.63) is 21.6 Å². The van der Waals surface area contributed by atoms with Gasteiger partial charge >= 0.3 is 0 Å². The molecule has 1 aliphatic rings. The summed E-state index contributed by atoms with van der Waals surface area (Å²) in [7, 11) is 0. The quantitative estimate of drug-likeness (QED) is 0.922. The van der Waals surface area contributed by atoms with Crippen LogP contribution >= 0.6 is 11.6 Å². The highest BCUT2D eigenvalue weighted by Gasteiger charge is 2.27. The number of rotatable bonds is 4. The first kappa shape index (κ1) is 15.3. The molecule has 0 bridgehead atoms. The average Bonchev–Trinajstić information content (AvgIpc) is 2.45. The van der Waals surface area contributed by atoms with Gasteiger partial charge < -0.3 is 10.6 Å². The predicted octanol–water partition coefficient (Wildman–Crippen LogP) is 1.87. The third-order valence-corrected chi connectivity index (χ3v) is 4.41. The summed E-state index contributed by atoms with van der Waals surface area (Å²) >= 11 is 6.25. The molecule has 2 heterocycles. The van der Waals surface area contributed by atoms with Crippen molar-refractivity contribution in [2.75, 3.05) is 18.0 Å². The Bertz CT molecular complexity index is 516. The van der Waals surface area contributed by atoms with E-state index in [2.05, 4.69) is 16.9 Å². The maximum Gasteiger partial charge on any atom is 0.287 e. The Morgan fingerprint density at radius 2 is 2.25 bits per heavy atom. The van der Waals surface area contributed by atoms with Crippen LogP contribution in [0.15, 0.2) is 11.0 Å². The van der Waals surface area contributed by atoms with Gasteiger partial charge in [-0.3, -0.25) is 4.79 Å². The zero-order valence-electron chi connectivity index (χ0n) is 12.2. The maximum atomic E-state index is 12.2. The molecule has 1 aromatic rings. The predicted molar refractivity (Wildman–Crippen MR) is 82.4 cm³/mol. The number of hydrogen-bond donors (Lipinski definition) is 1. The van der Waals surface area contributed by atoms with E-state index < -0.39 is 0 Å². The molecule has 2 rings (SSSR count). The lowest BCUT2D eigenvalue weighted by Gasteiger charge is -2.38. The number of anilines is 1. The van der Waals surface area contributed by atoms with E-state index in [1.165, 1.54) is 4.68 Å². The molecule has 0 aliphatic carbocycles. The van der Waals surface area contributed by atoms with Gasteiger partial charge in [-0.25, -0.2) is 4.68 Å². The summed E-state index contributed by atoms with van der Waals surface area (Å²) in [4.78, 5) is 14.3. The SMILES string of the molecule is CCCn1ncc(N2CCC(N)C(CC)C2)c(Cl)c1=O. The molecular formula is C14H23ClN4O. The van der Waals surface area contributed by atoms with Gasteiger partial charge in [-0.05, 0) is 18.8 Å². The van der Waals surface area contributed by atoms with Crippen LogP contribution in [-0.4, -0.2) is 28.9 Å². The van der Waals surface area contributed by atoms with Crippen LogP contribution in [0.1, 0.15) is 33.1 Å². The second-order valence-corrected chi connectivity index (χ2v) is 5.82. The molecule has 0 spiro atoms. The van der Waals surface area contributed by atoms with Gasteiger partial charge in [0.25, 0.3) is 5.56 Å². The Labute approximate surface area is 124 Å². The molecule has 112 valence electrons. The van der Waals surface area contributed by atoms with Crippen molar-refractivity contribution in [2.45, 2.75) is 45.7 Å². The summed E-state index contributed by atoms with van der Waals surface area (Å²) in [6.07, 6.45) is 4.53. The van der Waals surface area contributed by atoms with Gasteiger partial charge in [-0.1, -0.05) is 31.9 Å². The van der Waals surface area contributed by atoms with Gasteiger partial charge in [-0.2, -0.15) is 5.10 Å². The molecule has 0 amide bonds. The van der Waals surface area contributed by atoms with Gasteiger partial charge in [0.05, 0.1) is 11.9 Å². The van der Waals surface area contributed by atoms with Gasteiger partial charge in [-0.15, -0.1) is 0 Å². The van der Waals surface area contributed by atoms with Crippen LogP contribution in [0.4, 0.5) is 5.69 Å². The Hall–Kier alpha value is -1.07. The molecule has 1 fully saturated rings. The number of hydrogen-bond acceptors (Lipinski definition) is 4. The molecule has 6 heteroatoms. The Morgan fingerprint density at radius 3 is 2.90 bits per heavy atom. The summed E-state index contributed by atoms with van der Waals surface area (Å²) < 4.78 is 1.43. The first-order chi connectivity index (χ1) is 9.58. The van der Waals surface area contributed by atoms with Gasteiger partial charge in [0, 0.05) is 25.7 Å². The summed E-state index contributed by atoms with van der Waals surface area (Å²) in [6.45, 7) is 6.43. The number of nitrogens with two attached hydrogens (primary N) is 1. The molecule has 0 saturated carbocycles. The van der Waals surface area contributed by atoms with Gasteiger partial charge in [0.2, 0.25) is 0 Å². The zero-order chi connectivity index (χ0) is 14.7. The van der Waals surface area contributed by atoms with E-state index in [1.807, 2.05) is 6.92 Å². The molecule has 0 aromatic carbocycles. The highest BCUT2D eigenvalue weighted by Crippen LogP contribution is 2.27. The third kappa shape index (κ3) is 2.99. The minimum atomic E-state index is -0.200. The van der Waals surface area contributed by atoms with Crippen LogP contribution in [0.5, 0.6) is 0 Å². The standard InChI is InChI=1S/C14H23ClN4O/c1-3-6-19-14(20)13(15)12(8-17-19)18-7-5-11(16)10(4-2)9-18/h8,10-11H,3-7,9,16H2,1-2H3. The zero-order valence-corrected chi connectivity index (χ0v) is 12.9. The molecule has 1 aliphatic heterocycles. The highest BCUT2D eigenvalue weighted by molar-refractivity contribution is 6.33. The van der Waals surface area contributed by atoms with Crippen molar-refractivity contribution in [2.24, 2.45) is 11.7 Å². The minimum absolute atomic E-state index is 0.200. The van der Waals surface area contributed by atoms with E-state index in [0.29, 0.717) is 12.5 Å². The van der Waals surface area contributed by atoms with E-state index >= 15 is 0 Å². The first-order valence-electron chi connectivity index (χ1n) is 7.34. The van der Waals surface area contributed by atoms with E-state index in [-0.39, 0.29) is 16.6 Å². The lowest BCUT2D eigenvalue weighted by Crippen LogP contribution is -2.47. The fourth-order valence-corrected chi connectivity index (χ4v) is 3.01. The van der Waals surface area contributed by atoms with Crippen molar-refractivity contribution in [1.82, 2.24) is 9.78 Å². The van der Waals surface area contributed by atoms with Crippen LogP contribution < -0.4 is 16.2 Å². The number of piperidine rings is 1. The van der Waals surface area contributed by atoms with E-state index in [0.717, 1.165) is 38.0 Å². The van der Waals surface area contributed by atoms with Crippen LogP contribution in [0.25, 0.3) is 0 Å². The largest absolute Gasteiger partial charge is 0.368 e. The van der Waals surface area contributed by atoms with Crippen LogP contribution in [0, 0.1) is 5.92 Å². The lowest BCUT2D eigenvalue weighted by molar-refractivity contribution is 0.347. The molecule has 5 nitrogen and oxygen atoms in total. The molecule has 1 saturated heterocycles. The molecule has 2 N–H and O–H groups in total. The molecule has 20 heavy (non-hydrogen) atoms. The van der Waals surface area contributed by atoms with E-state index in [9.17, 15) is 4.79 Å². The van der Waals surface area contributed by atoms with E-state index in [4.69, 9.17) is 17.3 Å². The molecular weight excluding hydrogens is 276 g/mol. The summed E-state index contributed by atoms with van der Waals surface area (Å²) in [5, 5.41) is 4.50. The minimum Gasteiger partial charge on any atom is -0.368 e. The van der Waals surface area contributed by atoms with Crippen molar-refractivity contribution in [3.8, 4) is 0 Å². The van der Waals surface area contributed by atoms with Crippen molar-refractivity contribution >= 4 is 17.3 Å². The van der Waals surface area contributed by atoms with Gasteiger partial charge in [0.1, 0.15) is 5.02 Å². The van der Waals surface area contributed by atoms with Crippen molar-refractivity contribution < 1.29 is 0 Å². The fourth-order valence-electron chi connectivity index (χ4n) is 2.75. The number of nitrogens with zero attached hydrogens (tertiary/aromatic N) is 3. The second kappa shape index (κ2) is 6.59. The smallest absolute Gasteiger partial charge is 0.287 e. The average molecular weight is 299 g/mol. The van der Waals surface area contributed by atoms with Gasteiger partial charge in [0.15, 0.2) is 0 Å². The van der Waals surface area contributed by atoms with Crippen molar-refractivity contribution in [1.29, 1.82) is 0 Å². The topological polar surface area (TPSA) is 64.2 Å². The summed E-state index contributed by atoms with van der Waals surface area (Å²) in [5.74, 6) is 0.442. The Kier molecular flexibility index (Phi) is 5.05. The number of aromatic nitrogens is 2. The first-order valence-corrected chi connectivity index (χ1v) is 7.72. The van der Waals surface area contributed by atoms with E-state index in [1.54, 1.807) is 6.20 Å². The lowest BCUT2D eigenvalue weighted by atomic mass is 9.90. The monoisotopic (exact) mass is 298 g/mol. The third-order valence-electron chi connectivity index (χ3n) is 4.06. The summed E-state index contributed by atoms with van der Waals surface area (Å²) in [6, 6.07) is 0.239. The number of halogens is 1. The van der Waals surface area contributed by atoms with Crippen LogP contribution in [0.3, 0.4) is 0 Å². The Morgan fingerprint density at radius 1 is 1.50 bits per heavy atom. The molecule has 1 aromatic heterocycles. The number of aryl methyl sites for hydroxylation is 1. The Balaban J connectivity index is 2.25. The highest BCUT2D eigenvalue weighted by atomic mass is 35.5. The maximum absolute atomic E-state index is 12.2. The normalized spacial score (nSPS) is 23.1. The fraction of sp³-hybridized carbons (Fsp3) is 0.714. The second-order valence-electron chi connectivity index (χ2n) is 5.44. The molecule has 2 unspecified atom stereocenters. The molecule has 2 atom stereocenters. The summed E-state index contributed by atoms with van der Waals surface area (Å²) in [5.41, 5.74) is 6.67. The van der Waals surface area contributed by atoms with Crippen molar-refractivity contribution in [3.63, 3.8) is 0 Å². The van der Waals surface area contributed by atoms with Crippen LogP contribution in [-0.2, 0) is 6.54 Å².